The molecule has 0 saturated heterocycles. The monoisotopic (exact) mass is 516 g/mol. The van der Waals surface area contributed by atoms with Gasteiger partial charge in [0, 0.05) is 35.9 Å². The molecule has 1 aliphatic heterocycles. The molecule has 3 aromatic rings. The van der Waals surface area contributed by atoms with Crippen LogP contribution in [0.2, 0.25) is 0 Å². The summed E-state index contributed by atoms with van der Waals surface area (Å²) in [5.41, 5.74) is 0.854. The van der Waals surface area contributed by atoms with Gasteiger partial charge in [-0.3, -0.25) is 9.97 Å². The Morgan fingerprint density at radius 2 is 1.92 bits per heavy atom. The largest absolute Gasteiger partial charge is 0.444 e. The Bertz CT molecular complexity index is 1350. The second kappa shape index (κ2) is 9.99. The molecule has 0 aliphatic carbocycles. The number of aromatic nitrogens is 2. The van der Waals surface area contributed by atoms with Crippen molar-refractivity contribution in [2.45, 2.75) is 51.9 Å². The van der Waals surface area contributed by atoms with Crippen molar-refractivity contribution in [1.29, 1.82) is 0 Å². The third-order valence-electron chi connectivity index (χ3n) is 5.99. The number of nitrogens with one attached hydrogen (secondary N) is 1. The highest BCUT2D eigenvalue weighted by molar-refractivity contribution is 5.92. The van der Waals surface area contributed by atoms with E-state index in [1.54, 1.807) is 30.3 Å². The standard InChI is InChI=1S/C27H28F4N4O2/c1-16(18-6-5-7-20(24(18)28)27(29,30)31)34-21-8-11-32-23-15-33-22(14-19(21)23)17-9-12-35(13-10-17)25(36)37-26(2,3)4/h5-9,11,14-16H,10,12-13H2,1-4H3,(H,32,34)/t16-/m1/s1. The highest BCUT2D eigenvalue weighted by Gasteiger charge is 2.35. The van der Waals surface area contributed by atoms with Crippen molar-refractivity contribution in [3.8, 4) is 0 Å². The maximum atomic E-state index is 14.7. The SMILES string of the molecule is C[C@@H](Nc1ccnc2cnc(C3=CCN(C(=O)OC(C)(C)C)CC3)cc12)c1cccc(C(F)(F)F)c1F. The lowest BCUT2D eigenvalue weighted by Crippen LogP contribution is -2.39. The molecule has 1 aliphatic rings. The fourth-order valence-electron chi connectivity index (χ4n) is 4.16. The molecule has 0 fully saturated rings. The van der Waals surface area contributed by atoms with Crippen molar-refractivity contribution in [3.05, 3.63) is 71.4 Å². The van der Waals surface area contributed by atoms with Crippen LogP contribution in [0.4, 0.5) is 28.0 Å². The van der Waals surface area contributed by atoms with Gasteiger partial charge < -0.3 is 15.0 Å². The molecule has 3 heterocycles. The molecule has 1 aromatic carbocycles. The normalized spacial score (nSPS) is 15.4. The van der Waals surface area contributed by atoms with Crippen LogP contribution in [0, 0.1) is 5.82 Å². The average molecular weight is 517 g/mol. The minimum atomic E-state index is -4.78. The number of pyridine rings is 2. The smallest absolute Gasteiger partial charge is 0.419 e. The number of nitrogens with zero attached hydrogens (tertiary/aromatic N) is 3. The zero-order valence-corrected chi connectivity index (χ0v) is 21.0. The number of benzene rings is 1. The zero-order valence-electron chi connectivity index (χ0n) is 21.0. The summed E-state index contributed by atoms with van der Waals surface area (Å²) in [5.74, 6) is -1.29. The van der Waals surface area contributed by atoms with Gasteiger partial charge in [-0.2, -0.15) is 13.2 Å². The van der Waals surface area contributed by atoms with Gasteiger partial charge in [-0.15, -0.1) is 0 Å². The number of anilines is 1. The lowest BCUT2D eigenvalue weighted by Gasteiger charge is -2.29. The van der Waals surface area contributed by atoms with E-state index in [1.807, 2.05) is 32.9 Å². The molecule has 196 valence electrons. The Kier molecular flexibility index (Phi) is 7.12. The zero-order chi connectivity index (χ0) is 27.0. The second-order valence-corrected chi connectivity index (χ2v) is 9.92. The second-order valence-electron chi connectivity index (χ2n) is 9.92. The predicted octanol–water partition coefficient (Wildman–Crippen LogP) is 6.99. The third kappa shape index (κ3) is 6.00. The number of amides is 1. The van der Waals surface area contributed by atoms with E-state index in [9.17, 15) is 22.4 Å². The molecule has 1 N–H and O–H groups in total. The summed E-state index contributed by atoms with van der Waals surface area (Å²) in [6.45, 7) is 7.91. The van der Waals surface area contributed by atoms with Crippen molar-refractivity contribution < 1.29 is 27.1 Å². The number of carbonyl (C=O) groups excluding carboxylic acids is 1. The van der Waals surface area contributed by atoms with Gasteiger partial charge in [-0.25, -0.2) is 9.18 Å². The van der Waals surface area contributed by atoms with E-state index in [0.29, 0.717) is 41.8 Å². The van der Waals surface area contributed by atoms with Crippen LogP contribution in [0.3, 0.4) is 0 Å². The van der Waals surface area contributed by atoms with Gasteiger partial charge >= 0.3 is 12.3 Å². The van der Waals surface area contributed by atoms with Crippen LogP contribution in [0.1, 0.15) is 57.0 Å². The van der Waals surface area contributed by atoms with Gasteiger partial charge in [0.15, 0.2) is 0 Å². The first-order valence-corrected chi connectivity index (χ1v) is 11.9. The van der Waals surface area contributed by atoms with Gasteiger partial charge in [0.05, 0.1) is 29.0 Å². The van der Waals surface area contributed by atoms with Crippen molar-refractivity contribution in [2.24, 2.45) is 0 Å². The molecule has 1 atom stereocenters. The highest BCUT2D eigenvalue weighted by Crippen LogP contribution is 2.35. The van der Waals surface area contributed by atoms with Crippen molar-refractivity contribution in [2.75, 3.05) is 18.4 Å². The Labute approximate surface area is 212 Å². The number of fused-ring (bicyclic) bond motifs is 1. The molecule has 1 amide bonds. The van der Waals surface area contributed by atoms with Crippen LogP contribution in [-0.4, -0.2) is 39.7 Å². The van der Waals surface area contributed by atoms with Crippen LogP contribution in [0.25, 0.3) is 16.5 Å². The van der Waals surface area contributed by atoms with Gasteiger partial charge in [-0.05, 0) is 57.9 Å². The molecule has 37 heavy (non-hydrogen) atoms. The van der Waals surface area contributed by atoms with Gasteiger partial charge in [0.2, 0.25) is 0 Å². The van der Waals surface area contributed by atoms with Crippen LogP contribution < -0.4 is 5.32 Å². The summed E-state index contributed by atoms with van der Waals surface area (Å²) in [6, 6.07) is 6.04. The molecule has 2 aromatic heterocycles. The predicted molar refractivity (Wildman–Crippen MR) is 133 cm³/mol. The topological polar surface area (TPSA) is 67.4 Å². The number of carbonyl (C=O) groups is 1. The van der Waals surface area contributed by atoms with Crippen LogP contribution in [-0.2, 0) is 10.9 Å². The average Bonchev–Trinajstić information content (AvgIpc) is 2.82. The van der Waals surface area contributed by atoms with E-state index in [2.05, 4.69) is 15.3 Å². The van der Waals surface area contributed by atoms with Crippen molar-refractivity contribution in [3.63, 3.8) is 0 Å². The van der Waals surface area contributed by atoms with Crippen molar-refractivity contribution in [1.82, 2.24) is 14.9 Å². The molecule has 4 rings (SSSR count). The number of hydrogen-bond acceptors (Lipinski definition) is 5. The Balaban J connectivity index is 1.58. The highest BCUT2D eigenvalue weighted by atomic mass is 19.4. The minimum Gasteiger partial charge on any atom is -0.444 e. The maximum absolute atomic E-state index is 14.7. The Morgan fingerprint density at radius 1 is 1.16 bits per heavy atom. The number of ether oxygens (including phenoxy) is 1. The number of alkyl halides is 3. The quantitative estimate of drug-likeness (QED) is 0.379. The molecule has 0 spiro atoms. The fourth-order valence-corrected chi connectivity index (χ4v) is 4.16. The Morgan fingerprint density at radius 3 is 2.57 bits per heavy atom. The summed E-state index contributed by atoms with van der Waals surface area (Å²) < 4.78 is 59.7. The number of halogens is 4. The maximum Gasteiger partial charge on any atom is 0.419 e. The molecular weight excluding hydrogens is 488 g/mol. The Hall–Kier alpha value is -3.69. The van der Waals surface area contributed by atoms with Crippen molar-refractivity contribution >= 4 is 28.3 Å². The first-order valence-electron chi connectivity index (χ1n) is 11.9. The number of hydrogen-bond donors (Lipinski definition) is 1. The molecule has 10 heteroatoms. The summed E-state index contributed by atoms with van der Waals surface area (Å²) in [7, 11) is 0. The molecule has 0 saturated carbocycles. The van der Waals surface area contributed by atoms with E-state index in [4.69, 9.17) is 4.74 Å². The first-order chi connectivity index (χ1) is 17.3. The number of rotatable bonds is 4. The minimum absolute atomic E-state index is 0.0914. The lowest BCUT2D eigenvalue weighted by atomic mass is 10.0. The van der Waals surface area contributed by atoms with E-state index in [-0.39, 0.29) is 11.7 Å². The molecule has 0 radical (unpaired) electrons. The summed E-state index contributed by atoms with van der Waals surface area (Å²) >= 11 is 0. The van der Waals surface area contributed by atoms with Gasteiger partial charge in [0.25, 0.3) is 0 Å². The van der Waals surface area contributed by atoms with Crippen LogP contribution >= 0.6 is 0 Å². The van der Waals surface area contributed by atoms with E-state index >= 15 is 0 Å². The summed E-state index contributed by atoms with van der Waals surface area (Å²) in [4.78, 5) is 22.8. The molecule has 0 unspecified atom stereocenters. The molecule has 0 bridgehead atoms. The third-order valence-corrected chi connectivity index (χ3v) is 5.99. The van der Waals surface area contributed by atoms with Gasteiger partial charge in [-0.1, -0.05) is 18.2 Å². The summed E-state index contributed by atoms with van der Waals surface area (Å²) in [6.07, 6.45) is 0.516. The summed E-state index contributed by atoms with van der Waals surface area (Å²) in [5, 5.41) is 3.83. The lowest BCUT2D eigenvalue weighted by molar-refractivity contribution is -0.140. The van der Waals surface area contributed by atoms with E-state index in [0.717, 1.165) is 11.6 Å². The van der Waals surface area contributed by atoms with Crippen LogP contribution in [0.5, 0.6) is 0 Å². The van der Waals surface area contributed by atoms with Crippen LogP contribution in [0.15, 0.2) is 48.8 Å². The molecular formula is C27H28F4N4O2. The van der Waals surface area contributed by atoms with Gasteiger partial charge in [0.1, 0.15) is 11.4 Å². The van der Waals surface area contributed by atoms with E-state index in [1.165, 1.54) is 12.1 Å². The molecule has 6 nitrogen and oxygen atoms in total. The first kappa shape index (κ1) is 26.4. The fraction of sp³-hybridized carbons (Fsp3) is 0.370. The van der Waals surface area contributed by atoms with E-state index < -0.39 is 29.2 Å².